The summed E-state index contributed by atoms with van der Waals surface area (Å²) in [5, 5.41) is 0. The summed E-state index contributed by atoms with van der Waals surface area (Å²) in [7, 11) is 0. The smallest absolute Gasteiger partial charge is 0.261 e. The molecule has 1 aromatic heterocycles. The summed E-state index contributed by atoms with van der Waals surface area (Å²) in [6.45, 7) is 6.94. The average molecular weight is 372 g/mol. The lowest BCUT2D eigenvalue weighted by Crippen LogP contribution is -2.36. The maximum atomic E-state index is 13.1. The van der Waals surface area contributed by atoms with Crippen LogP contribution in [0.4, 0.5) is 17.3 Å². The minimum Gasteiger partial charge on any atom is -0.311 e. The molecule has 28 heavy (non-hydrogen) atoms. The third-order valence-corrected chi connectivity index (χ3v) is 5.18. The molecule has 0 saturated heterocycles. The molecule has 4 rings (SSSR count). The molecule has 0 aliphatic carbocycles. The molecule has 2 heterocycles. The van der Waals surface area contributed by atoms with E-state index in [4.69, 9.17) is 0 Å². The van der Waals surface area contributed by atoms with Gasteiger partial charge in [-0.15, -0.1) is 0 Å². The van der Waals surface area contributed by atoms with Crippen LogP contribution in [0, 0.1) is 6.92 Å². The summed E-state index contributed by atoms with van der Waals surface area (Å²) in [5.74, 6) is 0.544. The standard InChI is InChI=1S/C23H24N4O/c1-4-26(20-10-7-8-16(2)12-20)23-24-14-19(15-25-23)22(28)27-17(3)13-18-9-5-6-11-21(18)27/h5-12,14-15,17H,4,13H2,1-3H3. The predicted octanol–water partition coefficient (Wildman–Crippen LogP) is 4.53. The van der Waals surface area contributed by atoms with Crippen LogP contribution in [0.15, 0.2) is 60.9 Å². The maximum absolute atomic E-state index is 13.1. The molecule has 5 heteroatoms. The zero-order valence-corrected chi connectivity index (χ0v) is 16.5. The Balaban J connectivity index is 1.60. The zero-order valence-electron chi connectivity index (χ0n) is 16.5. The third kappa shape index (κ3) is 3.24. The van der Waals surface area contributed by atoms with Gasteiger partial charge in [0.1, 0.15) is 0 Å². The van der Waals surface area contributed by atoms with E-state index in [-0.39, 0.29) is 11.9 Å². The van der Waals surface area contributed by atoms with Crippen molar-refractivity contribution in [2.45, 2.75) is 33.2 Å². The molecule has 0 N–H and O–H groups in total. The number of carbonyl (C=O) groups excluding carboxylic acids is 1. The quantitative estimate of drug-likeness (QED) is 0.675. The number of hydrogen-bond acceptors (Lipinski definition) is 4. The van der Waals surface area contributed by atoms with Crippen molar-refractivity contribution >= 4 is 23.2 Å². The van der Waals surface area contributed by atoms with E-state index in [1.807, 2.05) is 40.1 Å². The van der Waals surface area contributed by atoms with Crippen LogP contribution in [0.3, 0.4) is 0 Å². The molecule has 142 valence electrons. The van der Waals surface area contributed by atoms with Gasteiger partial charge in [-0.1, -0.05) is 30.3 Å². The first-order valence-electron chi connectivity index (χ1n) is 9.66. The highest BCUT2D eigenvalue weighted by Gasteiger charge is 2.31. The van der Waals surface area contributed by atoms with Crippen LogP contribution in [0.25, 0.3) is 0 Å². The number of fused-ring (bicyclic) bond motifs is 1. The molecular weight excluding hydrogens is 348 g/mol. The van der Waals surface area contributed by atoms with Crippen LogP contribution < -0.4 is 9.80 Å². The molecule has 0 fully saturated rings. The van der Waals surface area contributed by atoms with E-state index in [0.29, 0.717) is 11.5 Å². The van der Waals surface area contributed by atoms with Crippen LogP contribution >= 0.6 is 0 Å². The van der Waals surface area contributed by atoms with E-state index in [1.54, 1.807) is 12.4 Å². The summed E-state index contributed by atoms with van der Waals surface area (Å²) in [6.07, 6.45) is 4.14. The van der Waals surface area contributed by atoms with Crippen molar-refractivity contribution in [2.75, 3.05) is 16.3 Å². The van der Waals surface area contributed by atoms with Gasteiger partial charge in [0.05, 0.1) is 5.56 Å². The Morgan fingerprint density at radius 1 is 1.14 bits per heavy atom. The Morgan fingerprint density at radius 2 is 1.89 bits per heavy atom. The van der Waals surface area contributed by atoms with Gasteiger partial charge in [-0.05, 0) is 56.5 Å². The minimum atomic E-state index is -0.0531. The summed E-state index contributed by atoms with van der Waals surface area (Å²) >= 11 is 0. The third-order valence-electron chi connectivity index (χ3n) is 5.18. The molecule has 1 atom stereocenters. The molecule has 0 radical (unpaired) electrons. The fourth-order valence-electron chi connectivity index (χ4n) is 3.82. The number of hydrogen-bond donors (Lipinski definition) is 0. The van der Waals surface area contributed by atoms with E-state index in [9.17, 15) is 4.79 Å². The highest BCUT2D eigenvalue weighted by molar-refractivity contribution is 6.07. The number of carbonyl (C=O) groups is 1. The van der Waals surface area contributed by atoms with Crippen molar-refractivity contribution in [1.29, 1.82) is 0 Å². The summed E-state index contributed by atoms with van der Waals surface area (Å²) in [5.41, 5.74) is 4.93. The van der Waals surface area contributed by atoms with E-state index < -0.39 is 0 Å². The van der Waals surface area contributed by atoms with Gasteiger partial charge in [-0.2, -0.15) is 0 Å². The molecule has 5 nitrogen and oxygen atoms in total. The van der Waals surface area contributed by atoms with Gasteiger partial charge in [0.2, 0.25) is 5.95 Å². The Morgan fingerprint density at radius 3 is 2.61 bits per heavy atom. The number of rotatable bonds is 4. The van der Waals surface area contributed by atoms with Crippen molar-refractivity contribution in [3.05, 3.63) is 77.6 Å². The topological polar surface area (TPSA) is 49.3 Å². The van der Waals surface area contributed by atoms with Gasteiger partial charge >= 0.3 is 0 Å². The number of anilines is 3. The lowest BCUT2D eigenvalue weighted by molar-refractivity contribution is 0.0981. The molecule has 0 saturated carbocycles. The monoisotopic (exact) mass is 372 g/mol. The van der Waals surface area contributed by atoms with Gasteiger partial charge in [0.25, 0.3) is 5.91 Å². The number of benzene rings is 2. The maximum Gasteiger partial charge on any atom is 0.261 e. The van der Waals surface area contributed by atoms with Gasteiger partial charge < -0.3 is 9.80 Å². The Hall–Kier alpha value is -3.21. The van der Waals surface area contributed by atoms with Crippen LogP contribution in [0.2, 0.25) is 0 Å². The first kappa shape index (κ1) is 18.2. The highest BCUT2D eigenvalue weighted by Crippen LogP contribution is 2.33. The van der Waals surface area contributed by atoms with E-state index in [0.717, 1.165) is 24.3 Å². The van der Waals surface area contributed by atoms with Crippen LogP contribution in [0.5, 0.6) is 0 Å². The van der Waals surface area contributed by atoms with Crippen molar-refractivity contribution in [3.8, 4) is 0 Å². The van der Waals surface area contributed by atoms with Gasteiger partial charge in [0.15, 0.2) is 0 Å². The Labute approximate surface area is 165 Å². The fourth-order valence-corrected chi connectivity index (χ4v) is 3.82. The molecule has 0 bridgehead atoms. The molecule has 0 spiro atoms. The van der Waals surface area contributed by atoms with Gasteiger partial charge in [-0.3, -0.25) is 4.79 Å². The largest absolute Gasteiger partial charge is 0.311 e. The van der Waals surface area contributed by atoms with Crippen LogP contribution in [-0.4, -0.2) is 28.5 Å². The number of amides is 1. The lowest BCUT2D eigenvalue weighted by atomic mass is 10.1. The van der Waals surface area contributed by atoms with Crippen LogP contribution in [0.1, 0.15) is 35.3 Å². The molecule has 3 aromatic rings. The number of nitrogens with zero attached hydrogens (tertiary/aromatic N) is 4. The molecule has 1 unspecified atom stereocenters. The fraction of sp³-hybridized carbons (Fsp3) is 0.261. The second-order valence-electron chi connectivity index (χ2n) is 7.21. The summed E-state index contributed by atoms with van der Waals surface area (Å²) in [6, 6.07) is 16.4. The van der Waals surface area contributed by atoms with Crippen molar-refractivity contribution in [1.82, 2.24) is 9.97 Å². The average Bonchev–Trinajstić information content (AvgIpc) is 3.04. The highest BCUT2D eigenvalue weighted by atomic mass is 16.2. The second kappa shape index (κ2) is 7.43. The van der Waals surface area contributed by atoms with E-state index in [1.165, 1.54) is 11.1 Å². The van der Waals surface area contributed by atoms with Crippen molar-refractivity contribution in [2.24, 2.45) is 0 Å². The molecule has 1 aliphatic rings. The summed E-state index contributed by atoms with van der Waals surface area (Å²) in [4.78, 5) is 26.0. The van der Waals surface area contributed by atoms with Crippen LogP contribution in [-0.2, 0) is 6.42 Å². The van der Waals surface area contributed by atoms with Gasteiger partial charge in [-0.25, -0.2) is 9.97 Å². The first-order valence-corrected chi connectivity index (χ1v) is 9.66. The minimum absolute atomic E-state index is 0.0531. The Bertz CT molecular complexity index is 999. The molecule has 2 aromatic carbocycles. The first-order chi connectivity index (χ1) is 13.6. The van der Waals surface area contributed by atoms with E-state index in [2.05, 4.69) is 48.9 Å². The molecule has 1 aliphatic heterocycles. The molecule has 1 amide bonds. The lowest BCUT2D eigenvalue weighted by Gasteiger charge is -2.24. The van der Waals surface area contributed by atoms with Crippen molar-refractivity contribution < 1.29 is 4.79 Å². The number of aromatic nitrogens is 2. The normalized spacial score (nSPS) is 15.4. The van der Waals surface area contributed by atoms with Crippen molar-refractivity contribution in [3.63, 3.8) is 0 Å². The zero-order chi connectivity index (χ0) is 19.7. The number of aryl methyl sites for hydroxylation is 1. The SMILES string of the molecule is CCN(c1cccc(C)c1)c1ncc(C(=O)N2c3ccccc3CC2C)cn1. The summed E-state index contributed by atoms with van der Waals surface area (Å²) < 4.78 is 0. The number of para-hydroxylation sites is 1. The van der Waals surface area contributed by atoms with E-state index >= 15 is 0 Å². The Kier molecular flexibility index (Phi) is 4.82. The van der Waals surface area contributed by atoms with Gasteiger partial charge in [0, 0.05) is 36.4 Å². The predicted molar refractivity (Wildman–Crippen MR) is 112 cm³/mol. The second-order valence-corrected chi connectivity index (χ2v) is 7.21. The molecular formula is C23H24N4O.